The highest BCUT2D eigenvalue weighted by atomic mass is 15.1. The number of unbranched alkanes of at least 4 members (excludes halogenated alkanes) is 35. The van der Waals surface area contributed by atoms with Crippen molar-refractivity contribution in [2.45, 2.75) is 284 Å². The summed E-state index contributed by atoms with van der Waals surface area (Å²) in [5.74, 6) is 1.63. The van der Waals surface area contributed by atoms with Crippen molar-refractivity contribution >= 4 is 0 Å². The van der Waals surface area contributed by atoms with Gasteiger partial charge in [-0.25, -0.2) is 9.13 Å². The van der Waals surface area contributed by atoms with Crippen molar-refractivity contribution in [3.63, 3.8) is 0 Å². The van der Waals surface area contributed by atoms with Gasteiger partial charge in [0.25, 0.3) is 5.82 Å². The molecular weight excluding hydrogens is 593 g/mol. The maximum atomic E-state index is 2.65. The van der Waals surface area contributed by atoms with Gasteiger partial charge in [0.05, 0.1) is 13.1 Å². The molecule has 1 rings (SSSR count). The van der Waals surface area contributed by atoms with Crippen molar-refractivity contribution in [3.05, 3.63) is 18.2 Å². The van der Waals surface area contributed by atoms with Crippen LogP contribution in [0.4, 0.5) is 0 Å². The van der Waals surface area contributed by atoms with Crippen LogP contribution in [0.1, 0.15) is 271 Å². The highest BCUT2D eigenvalue weighted by Gasteiger charge is 2.16. The molecule has 0 radical (unpaired) electrons. The number of hydrogen-bond acceptors (Lipinski definition) is 0. The van der Waals surface area contributed by atoms with Crippen LogP contribution in [0.5, 0.6) is 0 Å². The van der Waals surface area contributed by atoms with E-state index >= 15 is 0 Å². The molecule has 2 nitrogen and oxygen atoms in total. The summed E-state index contributed by atoms with van der Waals surface area (Å²) in [6.45, 7) is 9.41. The molecule has 0 aliphatic heterocycles. The topological polar surface area (TPSA) is 8.81 Å². The average Bonchev–Trinajstić information content (AvgIpc) is 3.50. The Kier molecular flexibility index (Phi) is 36.3. The summed E-state index contributed by atoms with van der Waals surface area (Å²) in [6, 6.07) is 0. The first-order valence-electron chi connectivity index (χ1n) is 23.4. The molecule has 0 saturated heterocycles. The van der Waals surface area contributed by atoms with Crippen LogP contribution in [0.25, 0.3) is 0 Å². The first kappa shape index (κ1) is 46.2. The Hall–Kier alpha value is -0.790. The van der Waals surface area contributed by atoms with E-state index in [0.717, 1.165) is 0 Å². The molecule has 0 amide bonds. The van der Waals surface area contributed by atoms with E-state index in [9.17, 15) is 0 Å². The maximum Gasteiger partial charge on any atom is 0.256 e. The van der Waals surface area contributed by atoms with Crippen molar-refractivity contribution < 1.29 is 4.57 Å². The van der Waals surface area contributed by atoms with Crippen LogP contribution >= 0.6 is 0 Å². The summed E-state index contributed by atoms with van der Waals surface area (Å²) in [5, 5.41) is 0. The number of hydrogen-bond donors (Lipinski definition) is 0. The molecule has 2 heteroatoms. The summed E-state index contributed by atoms with van der Waals surface area (Å²) >= 11 is 0. The SMILES string of the molecule is CCCCCCCCCCCCCCCn1cc[n+](CCCCCCCCCCCCCCC)c1CCCCCCCCCCCCCC. The van der Waals surface area contributed by atoms with Gasteiger partial charge in [-0.15, -0.1) is 0 Å². The van der Waals surface area contributed by atoms with E-state index in [1.54, 1.807) is 5.82 Å². The molecule has 0 spiro atoms. The van der Waals surface area contributed by atoms with E-state index < -0.39 is 0 Å². The minimum absolute atomic E-state index is 1.23. The quantitative estimate of drug-likeness (QED) is 0.0479. The number of aryl methyl sites for hydroxylation is 2. The van der Waals surface area contributed by atoms with Gasteiger partial charge in [0.2, 0.25) is 0 Å². The minimum Gasteiger partial charge on any atom is -0.234 e. The van der Waals surface area contributed by atoms with Crippen molar-refractivity contribution in [1.29, 1.82) is 0 Å². The summed E-state index contributed by atoms with van der Waals surface area (Å²) in [6.07, 6.45) is 60.8. The Morgan fingerprint density at radius 3 is 0.980 bits per heavy atom. The first-order chi connectivity index (χ1) is 24.3. The summed E-state index contributed by atoms with van der Waals surface area (Å²) < 4.78 is 5.30. The highest BCUT2D eigenvalue weighted by Crippen LogP contribution is 2.16. The molecular formula is C47H93N2+. The third-order valence-electron chi connectivity index (χ3n) is 11.3. The van der Waals surface area contributed by atoms with E-state index in [0.29, 0.717) is 0 Å². The first-order valence-corrected chi connectivity index (χ1v) is 23.4. The van der Waals surface area contributed by atoms with Crippen LogP contribution in [0.3, 0.4) is 0 Å². The van der Waals surface area contributed by atoms with Gasteiger partial charge in [-0.1, -0.05) is 233 Å². The van der Waals surface area contributed by atoms with E-state index in [1.165, 1.54) is 264 Å². The molecule has 0 aromatic carbocycles. The number of nitrogens with zero attached hydrogens (tertiary/aromatic N) is 2. The lowest BCUT2D eigenvalue weighted by Gasteiger charge is -2.07. The molecule has 0 saturated carbocycles. The average molecular weight is 686 g/mol. The van der Waals surface area contributed by atoms with Crippen LogP contribution in [-0.4, -0.2) is 4.57 Å². The predicted molar refractivity (Wildman–Crippen MR) is 221 cm³/mol. The Bertz CT molecular complexity index is 704. The fraction of sp³-hybridized carbons (Fsp3) is 0.936. The largest absolute Gasteiger partial charge is 0.256 e. The van der Waals surface area contributed by atoms with Crippen LogP contribution in [0.15, 0.2) is 12.4 Å². The Morgan fingerprint density at radius 2 is 0.633 bits per heavy atom. The third-order valence-corrected chi connectivity index (χ3v) is 11.3. The molecule has 0 bridgehead atoms. The minimum atomic E-state index is 1.23. The van der Waals surface area contributed by atoms with Gasteiger partial charge >= 0.3 is 0 Å². The lowest BCUT2D eigenvalue weighted by atomic mass is 10.0. The maximum absolute atomic E-state index is 2.65. The summed E-state index contributed by atoms with van der Waals surface area (Å²) in [4.78, 5) is 0. The van der Waals surface area contributed by atoms with Gasteiger partial charge in [0.1, 0.15) is 12.4 Å². The van der Waals surface area contributed by atoms with Crippen molar-refractivity contribution in [1.82, 2.24) is 4.57 Å². The molecule has 1 aromatic rings. The highest BCUT2D eigenvalue weighted by molar-refractivity contribution is 4.84. The Labute approximate surface area is 310 Å². The van der Waals surface area contributed by atoms with Gasteiger partial charge in [-0.2, -0.15) is 0 Å². The second-order valence-electron chi connectivity index (χ2n) is 16.2. The van der Waals surface area contributed by atoms with Gasteiger partial charge in [0.15, 0.2) is 0 Å². The van der Waals surface area contributed by atoms with Gasteiger partial charge in [-0.3, -0.25) is 0 Å². The smallest absolute Gasteiger partial charge is 0.234 e. The van der Waals surface area contributed by atoms with E-state index in [-0.39, 0.29) is 0 Å². The van der Waals surface area contributed by atoms with Crippen molar-refractivity contribution in [3.8, 4) is 0 Å². The van der Waals surface area contributed by atoms with Crippen LogP contribution in [-0.2, 0) is 19.5 Å². The van der Waals surface area contributed by atoms with Crippen molar-refractivity contribution in [2.24, 2.45) is 0 Å². The van der Waals surface area contributed by atoms with E-state index in [1.807, 2.05) is 0 Å². The lowest BCUT2D eigenvalue weighted by molar-refractivity contribution is -0.704. The Balaban J connectivity index is 2.28. The molecule has 0 fully saturated rings. The van der Waals surface area contributed by atoms with Gasteiger partial charge in [0, 0.05) is 6.42 Å². The molecule has 0 N–H and O–H groups in total. The number of rotatable bonds is 41. The molecule has 0 unspecified atom stereocenters. The normalized spacial score (nSPS) is 11.7. The number of aromatic nitrogens is 2. The predicted octanol–water partition coefficient (Wildman–Crippen LogP) is 16.2. The second-order valence-corrected chi connectivity index (χ2v) is 16.2. The standard InChI is InChI=1S/C47H93N2/c1-4-7-10-13-16-19-22-25-28-31-34-37-40-43-48-45-46-49(44-41-38-35-32-29-26-23-20-17-14-11-8-5-2)47(48)42-39-36-33-30-27-24-21-18-15-12-9-6-3/h45-46H,4-44H2,1-3H3/q+1. The zero-order valence-electron chi connectivity index (χ0n) is 34.5. The van der Waals surface area contributed by atoms with Crippen LogP contribution in [0, 0.1) is 0 Å². The van der Waals surface area contributed by atoms with Crippen molar-refractivity contribution in [2.75, 3.05) is 0 Å². The van der Waals surface area contributed by atoms with E-state index in [4.69, 9.17) is 0 Å². The van der Waals surface area contributed by atoms with E-state index in [2.05, 4.69) is 42.3 Å². The molecule has 0 aliphatic rings. The second kappa shape index (κ2) is 38.4. The number of imidazole rings is 1. The Morgan fingerprint density at radius 1 is 0.347 bits per heavy atom. The zero-order valence-corrected chi connectivity index (χ0v) is 34.5. The van der Waals surface area contributed by atoms with Gasteiger partial charge < -0.3 is 0 Å². The molecule has 49 heavy (non-hydrogen) atoms. The fourth-order valence-electron chi connectivity index (χ4n) is 7.92. The van der Waals surface area contributed by atoms with Crippen LogP contribution < -0.4 is 4.57 Å². The molecule has 1 aromatic heterocycles. The zero-order chi connectivity index (χ0) is 35.1. The summed E-state index contributed by atoms with van der Waals surface area (Å²) in [5.41, 5.74) is 0. The third kappa shape index (κ3) is 30.5. The lowest BCUT2D eigenvalue weighted by Crippen LogP contribution is -2.37. The molecule has 0 aliphatic carbocycles. The van der Waals surface area contributed by atoms with Gasteiger partial charge in [-0.05, 0) is 32.1 Å². The monoisotopic (exact) mass is 686 g/mol. The molecule has 1 heterocycles. The fourth-order valence-corrected chi connectivity index (χ4v) is 7.92. The molecule has 0 atom stereocenters. The molecule has 290 valence electrons. The van der Waals surface area contributed by atoms with Crippen LogP contribution in [0.2, 0.25) is 0 Å². The summed E-state index contributed by atoms with van der Waals surface area (Å²) in [7, 11) is 0.